The number of rotatable bonds is 39. The van der Waals surface area contributed by atoms with E-state index in [1.165, 1.54) is 13.8 Å². The zero-order valence-corrected chi connectivity index (χ0v) is 45.9. The van der Waals surface area contributed by atoms with E-state index in [4.69, 9.17) is 63.7 Å². The van der Waals surface area contributed by atoms with Crippen molar-refractivity contribution in [2.75, 3.05) is 131 Å². The van der Waals surface area contributed by atoms with Crippen molar-refractivity contribution in [3.05, 3.63) is 0 Å². The largest absolute Gasteiger partial charge is 0.461 e. The number of aliphatic hydroxyl groups is 2. The minimum atomic E-state index is -1.27. The van der Waals surface area contributed by atoms with Gasteiger partial charge in [-0.3, -0.25) is 19.2 Å². The summed E-state index contributed by atoms with van der Waals surface area (Å²) < 4.78 is 65.8. The summed E-state index contributed by atoms with van der Waals surface area (Å²) in [7, 11) is 3.75. The van der Waals surface area contributed by atoms with E-state index in [1.807, 2.05) is 0 Å². The van der Waals surface area contributed by atoms with Crippen LogP contribution >= 0.6 is 37.0 Å². The van der Waals surface area contributed by atoms with Gasteiger partial charge < -0.3 is 67.1 Å². The van der Waals surface area contributed by atoms with Crippen molar-refractivity contribution >= 4 is 90.6 Å². The van der Waals surface area contributed by atoms with E-state index < -0.39 is 55.3 Å². The summed E-state index contributed by atoms with van der Waals surface area (Å²) in [4.78, 5) is 88.5. The molecule has 0 aromatic heterocycles. The normalized spacial score (nSPS) is 12.6. The SMILES string of the molecule is CC(O)C(=O)OCC(=O)OCCOCCOCCOCCO.CC(OC(=O)CCCC(=O)S)C(=O)OCC(=O)OCCOCCOCCOCCOCCCCCS.O=C1CCCC(=O)S1.[2H][B].[U]. The first-order chi connectivity index (χ1) is 32.7. The number of carbonyl (C=O) groups excluding carboxylic acids is 8. The molecule has 0 aromatic carbocycles. The summed E-state index contributed by atoms with van der Waals surface area (Å²) in [5.74, 6) is -2.97. The van der Waals surface area contributed by atoms with Crippen LogP contribution in [-0.2, 0) is 95.2 Å². The van der Waals surface area contributed by atoms with E-state index in [0.717, 1.165) is 49.8 Å². The maximum Gasteiger partial charge on any atom is 0.347 e. The molecule has 1 heterocycles. The number of aliphatic hydroxyl groups excluding tert-OH is 2. The van der Waals surface area contributed by atoms with Gasteiger partial charge in [0.25, 0.3) is 0 Å². The summed E-state index contributed by atoms with van der Waals surface area (Å²) >= 11 is 8.62. The Hall–Kier alpha value is -1.83. The van der Waals surface area contributed by atoms with Crippen molar-refractivity contribution in [2.24, 2.45) is 0 Å². The van der Waals surface area contributed by atoms with Crippen LogP contribution in [0.15, 0.2) is 0 Å². The van der Waals surface area contributed by atoms with Gasteiger partial charge >= 0.3 is 29.8 Å². The molecule has 1 rings (SSSR count). The van der Waals surface area contributed by atoms with Crippen LogP contribution in [0.2, 0.25) is 0 Å². The average molecular weight is 1260 g/mol. The van der Waals surface area contributed by atoms with Crippen LogP contribution in [0.1, 0.15) is 71.6 Å². The third kappa shape index (κ3) is 55.1. The Morgan fingerprint density at radius 3 is 1.38 bits per heavy atom. The van der Waals surface area contributed by atoms with Gasteiger partial charge in [-0.2, -0.15) is 12.6 Å². The van der Waals surface area contributed by atoms with Gasteiger partial charge in [-0.15, -0.1) is 12.6 Å². The number of thiol groups is 2. The number of hydrogen-bond donors (Lipinski definition) is 4. The van der Waals surface area contributed by atoms with Crippen LogP contribution in [-0.4, -0.2) is 209 Å². The Balaban J connectivity index is -0.000000537. The average Bonchev–Trinajstić information content (AvgIpc) is 3.30. The molecule has 392 valence electrons. The second kappa shape index (κ2) is 54.5. The molecule has 0 bridgehead atoms. The first kappa shape index (κ1) is 70.4. The number of unbranched alkanes of at least 4 members (excludes halogenated alkanes) is 2. The molecule has 0 aromatic rings. The molecule has 68 heavy (non-hydrogen) atoms. The molecule has 27 heteroatoms. The molecular weight excluding hydrogens is 1190 g/mol. The van der Waals surface area contributed by atoms with Gasteiger partial charge in [0.15, 0.2) is 34.7 Å². The first-order valence-corrected chi connectivity index (χ1v) is 23.4. The van der Waals surface area contributed by atoms with Crippen molar-refractivity contribution in [1.82, 2.24) is 0 Å². The molecular formula is C41H71BO22S3U. The van der Waals surface area contributed by atoms with Crippen molar-refractivity contribution in [2.45, 2.75) is 83.8 Å². The van der Waals surface area contributed by atoms with Gasteiger partial charge in [0, 0.05) is 71.8 Å². The zero-order valence-electron chi connectivity index (χ0n) is 40.1. The molecule has 1 saturated heterocycles. The van der Waals surface area contributed by atoms with Gasteiger partial charge in [-0.25, -0.2) is 19.2 Å². The molecule has 1 aliphatic heterocycles. The fourth-order valence-corrected chi connectivity index (χ4v) is 5.29. The predicted octanol–water partition coefficient (Wildman–Crippen LogP) is 0.602. The molecule has 1 fully saturated rings. The molecule has 22 nitrogen and oxygen atoms in total. The maximum atomic E-state index is 11.8. The van der Waals surface area contributed by atoms with Crippen LogP contribution in [0.4, 0.5) is 0 Å². The van der Waals surface area contributed by atoms with Gasteiger partial charge in [0.1, 0.15) is 19.3 Å². The third-order valence-corrected chi connectivity index (χ3v) is 8.83. The first-order valence-electron chi connectivity index (χ1n) is 22.0. The zero-order chi connectivity index (χ0) is 51.5. The van der Waals surface area contributed by atoms with Crippen molar-refractivity contribution < 1.29 is 137 Å². The summed E-state index contributed by atoms with van der Waals surface area (Å²) in [5.41, 5.74) is 0. The topological polar surface area (TPSA) is 288 Å². The Morgan fingerprint density at radius 1 is 0.588 bits per heavy atom. The molecule has 2 unspecified atom stereocenters. The van der Waals surface area contributed by atoms with E-state index in [9.17, 15) is 38.4 Å². The predicted molar refractivity (Wildman–Crippen MR) is 248 cm³/mol. The number of ether oxygens (including phenoxy) is 12. The summed E-state index contributed by atoms with van der Waals surface area (Å²) in [5, 5.41) is 17.0. The molecule has 2 N–H and O–H groups in total. The number of hydrogen-bond acceptors (Lipinski definition) is 24. The fourth-order valence-electron chi connectivity index (χ4n) is 4.17. The van der Waals surface area contributed by atoms with E-state index in [1.54, 1.807) is 0 Å². The molecule has 1 aliphatic rings. The maximum absolute atomic E-state index is 11.8. The minimum Gasteiger partial charge on any atom is -0.461 e. The Bertz CT molecular complexity index is 1320. The van der Waals surface area contributed by atoms with Crippen LogP contribution in [0.3, 0.4) is 0 Å². The van der Waals surface area contributed by atoms with Gasteiger partial charge in [0.05, 0.1) is 92.5 Å². The molecule has 0 amide bonds. The summed E-state index contributed by atoms with van der Waals surface area (Å²) in [6.07, 6.45) is 3.10. The van der Waals surface area contributed by atoms with E-state index in [0.29, 0.717) is 78.9 Å². The fraction of sp³-hybridized carbons (Fsp3) is 0.805. The molecule has 2 atom stereocenters. The minimum absolute atomic E-state index is 0. The van der Waals surface area contributed by atoms with Crippen LogP contribution in [0.25, 0.3) is 0 Å². The Labute approximate surface area is 441 Å². The standard InChI is InChI=1S/C23H40O11S2.C13H24O9.C5H6O2S.BH.U/c1-19(34-20(24)6-5-7-22(26)36)23(27)33-18-21(25)32-16-15-31-14-13-30-12-11-29-10-9-28-8-3-2-4-17-35;1-11(15)13(17)22-10-12(16)21-9-8-20-7-6-19-5-4-18-3-2-14;6-4-2-1-3-5(7)8-4;;/h19,35H,2-18H2,1H3,(H,26,36);11,14-15H,2-10H2,1H3;1-3H2;1H;/i;;;1D;. The number of thioether (sulfide) groups is 1. The monoisotopic (exact) mass is 1260 g/mol. The summed E-state index contributed by atoms with van der Waals surface area (Å²) in [6.45, 7) is 7.03. The molecule has 2 radical (unpaired) electrons. The quantitative estimate of drug-likeness (QED) is 0.0216. The number of carbonyl (C=O) groups is 8. The smallest absolute Gasteiger partial charge is 0.347 e. The van der Waals surface area contributed by atoms with Crippen LogP contribution < -0.4 is 0 Å². The van der Waals surface area contributed by atoms with Crippen molar-refractivity contribution in [3.63, 3.8) is 0 Å². The number of esters is 5. The Morgan fingerprint density at radius 2 is 1.00 bits per heavy atom. The van der Waals surface area contributed by atoms with Crippen molar-refractivity contribution in [3.8, 4) is 0 Å². The van der Waals surface area contributed by atoms with Crippen LogP contribution in [0, 0.1) is 31.1 Å². The van der Waals surface area contributed by atoms with Gasteiger partial charge in [-0.1, -0.05) is 6.42 Å². The van der Waals surface area contributed by atoms with E-state index >= 15 is 0 Å². The summed E-state index contributed by atoms with van der Waals surface area (Å²) in [6, 6.07) is 0. The molecule has 0 saturated carbocycles. The van der Waals surface area contributed by atoms with Gasteiger partial charge in [-0.05, 0) is 58.4 Å². The second-order valence-electron chi connectivity index (χ2n) is 13.2. The molecule has 0 spiro atoms. The second-order valence-corrected chi connectivity index (χ2v) is 15.3. The van der Waals surface area contributed by atoms with Gasteiger partial charge in [0.2, 0.25) is 0 Å². The van der Waals surface area contributed by atoms with Crippen molar-refractivity contribution in [1.29, 1.82) is 1.34 Å². The Kier molecular flexibility index (Phi) is 56.4. The van der Waals surface area contributed by atoms with E-state index in [-0.39, 0.29) is 105 Å². The third-order valence-electron chi connectivity index (χ3n) is 7.43. The molecule has 0 aliphatic carbocycles. The van der Waals surface area contributed by atoms with E-state index in [2.05, 4.69) is 38.4 Å². The van der Waals surface area contributed by atoms with Crippen LogP contribution in [0.5, 0.6) is 0 Å².